The second-order valence-corrected chi connectivity index (χ2v) is 6.71. The number of carbonyl (C=O) groups excluding carboxylic acids is 1. The van der Waals surface area contributed by atoms with Gasteiger partial charge in [-0.3, -0.25) is 4.79 Å². The van der Waals surface area contributed by atoms with E-state index in [0.29, 0.717) is 36.8 Å². The number of benzene rings is 1. The van der Waals surface area contributed by atoms with Crippen molar-refractivity contribution in [3.63, 3.8) is 0 Å². The predicted molar refractivity (Wildman–Crippen MR) is 91.7 cm³/mol. The van der Waals surface area contributed by atoms with Crippen molar-refractivity contribution in [2.24, 2.45) is 0 Å². The molecule has 1 N–H and O–H groups in total. The molecule has 3 heterocycles. The van der Waals surface area contributed by atoms with E-state index in [1.165, 1.54) is 0 Å². The monoisotopic (exact) mass is 358 g/mol. The first kappa shape index (κ1) is 17.2. The van der Waals surface area contributed by atoms with Gasteiger partial charge in [-0.25, -0.2) is 0 Å². The summed E-state index contributed by atoms with van der Waals surface area (Å²) in [7, 11) is 0. The van der Waals surface area contributed by atoms with E-state index in [4.69, 9.17) is 18.7 Å². The summed E-state index contributed by atoms with van der Waals surface area (Å²) in [6.45, 7) is 4.84. The molecule has 138 valence electrons. The molecule has 0 spiro atoms. The van der Waals surface area contributed by atoms with Crippen LogP contribution in [0.5, 0.6) is 0 Å². The lowest BCUT2D eigenvalue weighted by atomic mass is 10.1. The molecule has 2 aromatic rings. The van der Waals surface area contributed by atoms with Gasteiger partial charge in [0.2, 0.25) is 0 Å². The first-order valence-corrected chi connectivity index (χ1v) is 8.76. The normalized spacial score (nSPS) is 27.5. The van der Waals surface area contributed by atoms with Gasteiger partial charge in [-0.2, -0.15) is 0 Å². The van der Waals surface area contributed by atoms with Crippen LogP contribution in [-0.2, 0) is 20.8 Å². The Morgan fingerprint density at radius 2 is 1.96 bits per heavy atom. The maximum atomic E-state index is 12.5. The Morgan fingerprint density at radius 1 is 1.19 bits per heavy atom. The maximum Gasteiger partial charge on any atom is 0.257 e. The molecule has 7 heteroatoms. The van der Waals surface area contributed by atoms with Crippen LogP contribution in [0.3, 0.4) is 0 Å². The zero-order chi connectivity index (χ0) is 18.1. The SMILES string of the molecule is Cc1noc(C)c1C(=O)NC1COC2C(OCc3ccccc3)COC12. The van der Waals surface area contributed by atoms with E-state index >= 15 is 0 Å². The van der Waals surface area contributed by atoms with Gasteiger partial charge in [0, 0.05) is 0 Å². The first-order chi connectivity index (χ1) is 12.6. The molecule has 0 saturated carbocycles. The van der Waals surface area contributed by atoms with Crippen molar-refractivity contribution < 1.29 is 23.5 Å². The number of hydrogen-bond acceptors (Lipinski definition) is 6. The fraction of sp³-hybridized carbons (Fsp3) is 0.474. The van der Waals surface area contributed by atoms with Crippen LogP contribution >= 0.6 is 0 Å². The van der Waals surface area contributed by atoms with E-state index in [2.05, 4.69) is 10.5 Å². The van der Waals surface area contributed by atoms with Crippen LogP contribution in [0.25, 0.3) is 0 Å². The van der Waals surface area contributed by atoms with Gasteiger partial charge in [0.05, 0.1) is 31.6 Å². The molecule has 4 atom stereocenters. The predicted octanol–water partition coefficient (Wildman–Crippen LogP) is 1.77. The van der Waals surface area contributed by atoms with Gasteiger partial charge in [0.25, 0.3) is 5.91 Å². The summed E-state index contributed by atoms with van der Waals surface area (Å²) in [5, 5.41) is 6.81. The molecular weight excluding hydrogens is 336 g/mol. The van der Waals surface area contributed by atoms with Crippen LogP contribution in [-0.4, -0.2) is 48.6 Å². The number of amides is 1. The quantitative estimate of drug-likeness (QED) is 0.877. The summed E-state index contributed by atoms with van der Waals surface area (Å²) in [5.41, 5.74) is 2.16. The maximum absolute atomic E-state index is 12.5. The third-order valence-electron chi connectivity index (χ3n) is 4.89. The molecule has 2 saturated heterocycles. The van der Waals surface area contributed by atoms with Crippen molar-refractivity contribution >= 4 is 5.91 Å². The average molecular weight is 358 g/mol. The minimum atomic E-state index is -0.216. The van der Waals surface area contributed by atoms with Crippen LogP contribution in [0, 0.1) is 13.8 Å². The lowest BCUT2D eigenvalue weighted by Crippen LogP contribution is -2.44. The van der Waals surface area contributed by atoms with Gasteiger partial charge < -0.3 is 24.1 Å². The number of nitrogens with one attached hydrogen (secondary N) is 1. The molecule has 0 aliphatic carbocycles. The molecule has 2 aliphatic heterocycles. The molecule has 26 heavy (non-hydrogen) atoms. The molecule has 2 aliphatic rings. The minimum Gasteiger partial charge on any atom is -0.370 e. The number of aryl methyl sites for hydroxylation is 2. The topological polar surface area (TPSA) is 82.8 Å². The Labute approximate surface area is 151 Å². The van der Waals surface area contributed by atoms with E-state index in [9.17, 15) is 4.79 Å². The molecule has 7 nitrogen and oxygen atoms in total. The fourth-order valence-electron chi connectivity index (χ4n) is 3.56. The van der Waals surface area contributed by atoms with E-state index in [1.807, 2.05) is 30.3 Å². The summed E-state index contributed by atoms with van der Waals surface area (Å²) in [6.07, 6.45) is -0.518. The average Bonchev–Trinajstić information content (AvgIpc) is 3.31. The number of hydrogen-bond donors (Lipinski definition) is 1. The Bertz CT molecular complexity index is 756. The van der Waals surface area contributed by atoms with E-state index in [1.54, 1.807) is 13.8 Å². The molecular formula is C19H22N2O5. The van der Waals surface area contributed by atoms with Gasteiger partial charge in [0.15, 0.2) is 0 Å². The van der Waals surface area contributed by atoms with Crippen molar-refractivity contribution in [1.82, 2.24) is 10.5 Å². The molecule has 1 aromatic carbocycles. The Hall–Kier alpha value is -2.22. The van der Waals surface area contributed by atoms with Crippen molar-refractivity contribution in [2.45, 2.75) is 44.8 Å². The van der Waals surface area contributed by atoms with Gasteiger partial charge >= 0.3 is 0 Å². The molecule has 1 amide bonds. The minimum absolute atomic E-state index is 0.138. The standard InChI is InChI=1S/C19H22N2O5/c1-11-16(12(2)26-21-11)19(22)20-14-9-24-18-15(10-25-17(14)18)23-8-13-6-4-3-5-7-13/h3-7,14-15,17-18H,8-10H2,1-2H3,(H,20,22). The molecule has 2 fully saturated rings. The fourth-order valence-corrected chi connectivity index (χ4v) is 3.56. The van der Waals surface area contributed by atoms with E-state index in [-0.39, 0.29) is 30.3 Å². The highest BCUT2D eigenvalue weighted by atomic mass is 16.6. The molecule has 4 unspecified atom stereocenters. The number of ether oxygens (including phenoxy) is 3. The second-order valence-electron chi connectivity index (χ2n) is 6.71. The zero-order valence-corrected chi connectivity index (χ0v) is 14.8. The molecule has 4 rings (SSSR count). The van der Waals surface area contributed by atoms with Gasteiger partial charge in [-0.1, -0.05) is 35.5 Å². The van der Waals surface area contributed by atoms with Gasteiger partial charge in [0.1, 0.15) is 29.6 Å². The van der Waals surface area contributed by atoms with Crippen LogP contribution < -0.4 is 5.32 Å². The highest BCUT2D eigenvalue weighted by Crippen LogP contribution is 2.29. The van der Waals surface area contributed by atoms with Crippen LogP contribution in [0.4, 0.5) is 0 Å². The van der Waals surface area contributed by atoms with Crippen LogP contribution in [0.15, 0.2) is 34.9 Å². The lowest BCUT2D eigenvalue weighted by molar-refractivity contribution is -0.0392. The number of rotatable bonds is 5. The van der Waals surface area contributed by atoms with E-state index < -0.39 is 0 Å². The molecule has 0 radical (unpaired) electrons. The Balaban J connectivity index is 1.35. The number of nitrogens with zero attached hydrogens (tertiary/aromatic N) is 1. The smallest absolute Gasteiger partial charge is 0.257 e. The van der Waals surface area contributed by atoms with Crippen molar-refractivity contribution in [3.05, 3.63) is 52.9 Å². The number of aromatic nitrogens is 1. The van der Waals surface area contributed by atoms with Crippen molar-refractivity contribution in [1.29, 1.82) is 0 Å². The Kier molecular flexibility index (Phi) is 4.76. The number of fused-ring (bicyclic) bond motifs is 1. The molecule has 1 aromatic heterocycles. The summed E-state index contributed by atoms with van der Waals surface area (Å²) >= 11 is 0. The summed E-state index contributed by atoms with van der Waals surface area (Å²) < 4.78 is 22.8. The summed E-state index contributed by atoms with van der Waals surface area (Å²) in [5.74, 6) is 0.291. The van der Waals surface area contributed by atoms with Crippen molar-refractivity contribution in [2.75, 3.05) is 13.2 Å². The highest BCUT2D eigenvalue weighted by molar-refractivity contribution is 5.96. The lowest BCUT2D eigenvalue weighted by Gasteiger charge is -2.18. The van der Waals surface area contributed by atoms with Crippen LogP contribution in [0.2, 0.25) is 0 Å². The van der Waals surface area contributed by atoms with Crippen LogP contribution in [0.1, 0.15) is 27.4 Å². The second kappa shape index (κ2) is 7.19. The van der Waals surface area contributed by atoms with E-state index in [0.717, 1.165) is 5.56 Å². The Morgan fingerprint density at radius 3 is 2.69 bits per heavy atom. The largest absolute Gasteiger partial charge is 0.370 e. The van der Waals surface area contributed by atoms with Gasteiger partial charge in [-0.15, -0.1) is 0 Å². The third kappa shape index (κ3) is 3.25. The summed E-state index contributed by atoms with van der Waals surface area (Å²) in [6, 6.07) is 9.78. The first-order valence-electron chi connectivity index (χ1n) is 8.76. The zero-order valence-electron chi connectivity index (χ0n) is 14.8. The van der Waals surface area contributed by atoms with Gasteiger partial charge in [-0.05, 0) is 19.4 Å². The highest BCUT2D eigenvalue weighted by Gasteiger charge is 2.49. The number of carbonyl (C=O) groups is 1. The summed E-state index contributed by atoms with van der Waals surface area (Å²) in [4.78, 5) is 12.5. The molecule has 0 bridgehead atoms. The van der Waals surface area contributed by atoms with Crippen molar-refractivity contribution in [3.8, 4) is 0 Å². The third-order valence-corrected chi connectivity index (χ3v) is 4.89.